The van der Waals surface area contributed by atoms with E-state index in [9.17, 15) is 9.90 Å². The summed E-state index contributed by atoms with van der Waals surface area (Å²) in [6.45, 7) is 3.94. The third-order valence-corrected chi connectivity index (χ3v) is 4.28. The number of carbonyl (C=O) groups is 1. The molecular weight excluding hydrogens is 348 g/mol. The number of phenols is 1. The van der Waals surface area contributed by atoms with Crippen LogP contribution in [0.1, 0.15) is 42.1 Å². The first-order valence-corrected chi connectivity index (χ1v) is 8.83. The molecule has 1 aromatic heterocycles. The second kappa shape index (κ2) is 9.18. The average Bonchev–Trinajstić information content (AvgIpc) is 2.57. The fourth-order valence-electron chi connectivity index (χ4n) is 2.89. The van der Waals surface area contributed by atoms with Crippen molar-refractivity contribution in [1.82, 2.24) is 9.97 Å². The summed E-state index contributed by atoms with van der Waals surface area (Å²) < 4.78 is 0. The molecule has 0 spiro atoms. The van der Waals surface area contributed by atoms with Gasteiger partial charge < -0.3 is 26.4 Å². The van der Waals surface area contributed by atoms with Gasteiger partial charge in [0, 0.05) is 30.3 Å². The summed E-state index contributed by atoms with van der Waals surface area (Å²) in [6, 6.07) is 4.94. The average molecular weight is 374 g/mol. The fourth-order valence-corrected chi connectivity index (χ4v) is 2.89. The van der Waals surface area contributed by atoms with Crippen molar-refractivity contribution in [3.8, 4) is 5.75 Å². The van der Waals surface area contributed by atoms with Crippen molar-refractivity contribution in [3.05, 3.63) is 40.6 Å². The summed E-state index contributed by atoms with van der Waals surface area (Å²) in [5, 5.41) is 31.5. The summed E-state index contributed by atoms with van der Waals surface area (Å²) >= 11 is 0. The second-order valence-corrected chi connectivity index (χ2v) is 6.62. The zero-order chi connectivity index (χ0) is 20.0. The molecule has 0 amide bonds. The van der Waals surface area contributed by atoms with E-state index in [1.54, 1.807) is 12.1 Å². The highest BCUT2D eigenvalue weighted by Crippen LogP contribution is 2.27. The van der Waals surface area contributed by atoms with E-state index in [2.05, 4.69) is 15.3 Å². The Balaban J connectivity index is 2.28. The Kier molecular flexibility index (Phi) is 6.95. The van der Waals surface area contributed by atoms with Crippen molar-refractivity contribution in [2.75, 3.05) is 17.7 Å². The molecule has 8 heteroatoms. The first-order valence-electron chi connectivity index (χ1n) is 8.83. The Labute approximate surface area is 158 Å². The van der Waals surface area contributed by atoms with Crippen LogP contribution in [0.5, 0.6) is 5.75 Å². The molecule has 1 heterocycles. The fraction of sp³-hybridized carbons (Fsp3) is 0.421. The van der Waals surface area contributed by atoms with E-state index in [4.69, 9.17) is 15.9 Å². The molecule has 0 saturated heterocycles. The van der Waals surface area contributed by atoms with Crippen molar-refractivity contribution in [2.45, 2.75) is 45.6 Å². The van der Waals surface area contributed by atoms with Crippen LogP contribution < -0.4 is 11.1 Å². The minimum absolute atomic E-state index is 0.0317. The molecule has 8 nitrogen and oxygen atoms in total. The molecule has 146 valence electrons. The first-order chi connectivity index (χ1) is 12.8. The predicted octanol–water partition coefficient (Wildman–Crippen LogP) is 1.86. The summed E-state index contributed by atoms with van der Waals surface area (Å²) in [5.41, 5.74) is 8.47. The molecule has 0 bridgehead atoms. The largest absolute Gasteiger partial charge is 0.508 e. The number of aliphatic hydroxyl groups is 1. The summed E-state index contributed by atoms with van der Waals surface area (Å²) in [7, 11) is 0. The molecular formula is C19H26N4O4. The van der Waals surface area contributed by atoms with Gasteiger partial charge in [-0.15, -0.1) is 0 Å². The van der Waals surface area contributed by atoms with E-state index >= 15 is 0 Å². The predicted molar refractivity (Wildman–Crippen MR) is 103 cm³/mol. The van der Waals surface area contributed by atoms with Crippen molar-refractivity contribution in [2.24, 2.45) is 0 Å². The lowest BCUT2D eigenvalue weighted by Gasteiger charge is -2.19. The summed E-state index contributed by atoms with van der Waals surface area (Å²) in [5.74, 6) is -0.161. The van der Waals surface area contributed by atoms with Gasteiger partial charge in [0.2, 0.25) is 5.95 Å². The SMILES string of the molecule is Cc1nc(N)nc(NC(C)CCCO)c1Cc1ccc(CC(=O)O)cc1O. The lowest BCUT2D eigenvalue weighted by molar-refractivity contribution is -0.136. The number of aliphatic carboxylic acids is 1. The van der Waals surface area contributed by atoms with Gasteiger partial charge in [-0.1, -0.05) is 12.1 Å². The van der Waals surface area contributed by atoms with Crippen LogP contribution in [0.3, 0.4) is 0 Å². The zero-order valence-electron chi connectivity index (χ0n) is 15.6. The number of nitrogens with two attached hydrogens (primary N) is 1. The molecule has 1 unspecified atom stereocenters. The molecule has 27 heavy (non-hydrogen) atoms. The maximum Gasteiger partial charge on any atom is 0.307 e. The van der Waals surface area contributed by atoms with Gasteiger partial charge in [-0.3, -0.25) is 4.79 Å². The highest BCUT2D eigenvalue weighted by atomic mass is 16.4. The number of anilines is 2. The Hall–Kier alpha value is -2.87. The van der Waals surface area contributed by atoms with E-state index in [0.717, 1.165) is 12.0 Å². The number of hydrogen-bond donors (Lipinski definition) is 5. The first kappa shape index (κ1) is 20.4. The number of aryl methyl sites for hydroxylation is 1. The van der Waals surface area contributed by atoms with Crippen molar-refractivity contribution in [1.29, 1.82) is 0 Å². The van der Waals surface area contributed by atoms with Crippen LogP contribution in [0.15, 0.2) is 18.2 Å². The van der Waals surface area contributed by atoms with Gasteiger partial charge in [-0.05, 0) is 43.9 Å². The monoisotopic (exact) mass is 374 g/mol. The normalized spacial score (nSPS) is 12.0. The molecule has 1 aromatic carbocycles. The van der Waals surface area contributed by atoms with Gasteiger partial charge in [0.15, 0.2) is 0 Å². The second-order valence-electron chi connectivity index (χ2n) is 6.62. The lowest BCUT2D eigenvalue weighted by atomic mass is 10.0. The number of nitrogens with one attached hydrogen (secondary N) is 1. The minimum Gasteiger partial charge on any atom is -0.508 e. The number of rotatable bonds is 9. The molecule has 0 radical (unpaired) electrons. The van der Waals surface area contributed by atoms with Crippen molar-refractivity contribution >= 4 is 17.7 Å². The van der Waals surface area contributed by atoms with Crippen molar-refractivity contribution < 1.29 is 20.1 Å². The number of nitrogens with zero attached hydrogens (tertiary/aromatic N) is 2. The highest BCUT2D eigenvalue weighted by Gasteiger charge is 2.16. The molecule has 0 saturated carbocycles. The van der Waals surface area contributed by atoms with E-state index in [1.807, 2.05) is 13.8 Å². The molecule has 6 N–H and O–H groups in total. The minimum atomic E-state index is -0.951. The molecule has 2 aromatic rings. The number of hydrogen-bond acceptors (Lipinski definition) is 7. The molecule has 0 aliphatic rings. The standard InChI is InChI=1S/C19H26N4O4/c1-11(4-3-7-24)21-18-15(12(2)22-19(20)23-18)10-14-6-5-13(8-16(14)25)9-17(26)27/h5-6,8,11,24-25H,3-4,7,9-10H2,1-2H3,(H,26,27)(H3,20,21,22,23). The van der Waals surface area contributed by atoms with Crippen LogP contribution >= 0.6 is 0 Å². The van der Waals surface area contributed by atoms with Crippen LogP contribution in [0, 0.1) is 6.92 Å². The number of nitrogen functional groups attached to an aromatic ring is 1. The summed E-state index contributed by atoms with van der Waals surface area (Å²) in [6.07, 6.45) is 1.68. The molecule has 0 aliphatic carbocycles. The van der Waals surface area contributed by atoms with Crippen LogP contribution in [-0.2, 0) is 17.6 Å². The zero-order valence-corrected chi connectivity index (χ0v) is 15.6. The van der Waals surface area contributed by atoms with Crippen LogP contribution in [0.25, 0.3) is 0 Å². The van der Waals surface area contributed by atoms with E-state index in [1.165, 1.54) is 6.07 Å². The lowest BCUT2D eigenvalue weighted by Crippen LogP contribution is -2.19. The Morgan fingerprint density at radius 2 is 2.07 bits per heavy atom. The number of aliphatic hydroxyl groups excluding tert-OH is 1. The Morgan fingerprint density at radius 3 is 2.70 bits per heavy atom. The van der Waals surface area contributed by atoms with Crippen LogP contribution in [-0.4, -0.2) is 43.9 Å². The van der Waals surface area contributed by atoms with Gasteiger partial charge in [-0.25, -0.2) is 4.98 Å². The van der Waals surface area contributed by atoms with Crippen LogP contribution in [0.4, 0.5) is 11.8 Å². The number of phenolic OH excluding ortho intramolecular Hbond substituents is 1. The topological polar surface area (TPSA) is 142 Å². The molecule has 0 fully saturated rings. The Bertz CT molecular complexity index is 811. The molecule has 2 rings (SSSR count). The quantitative estimate of drug-likeness (QED) is 0.448. The number of carboxylic acids is 1. The van der Waals surface area contributed by atoms with Gasteiger partial charge in [-0.2, -0.15) is 4.98 Å². The highest BCUT2D eigenvalue weighted by molar-refractivity contribution is 5.70. The van der Waals surface area contributed by atoms with Gasteiger partial charge in [0.1, 0.15) is 11.6 Å². The van der Waals surface area contributed by atoms with Gasteiger partial charge >= 0.3 is 5.97 Å². The van der Waals surface area contributed by atoms with Crippen molar-refractivity contribution in [3.63, 3.8) is 0 Å². The van der Waals surface area contributed by atoms with Gasteiger partial charge in [0.05, 0.1) is 6.42 Å². The van der Waals surface area contributed by atoms with E-state index in [-0.39, 0.29) is 30.8 Å². The van der Waals surface area contributed by atoms with Crippen LogP contribution in [0.2, 0.25) is 0 Å². The number of aromatic nitrogens is 2. The third-order valence-electron chi connectivity index (χ3n) is 4.28. The number of benzene rings is 1. The third kappa shape index (κ3) is 5.82. The van der Waals surface area contributed by atoms with E-state index in [0.29, 0.717) is 35.5 Å². The molecule has 0 aliphatic heterocycles. The smallest absolute Gasteiger partial charge is 0.307 e. The Morgan fingerprint density at radius 1 is 1.33 bits per heavy atom. The maximum atomic E-state index is 10.8. The number of aromatic hydroxyl groups is 1. The number of carboxylic acid groups (broad SMARTS) is 1. The molecule has 1 atom stereocenters. The van der Waals surface area contributed by atoms with E-state index < -0.39 is 5.97 Å². The maximum absolute atomic E-state index is 10.8. The summed E-state index contributed by atoms with van der Waals surface area (Å²) in [4.78, 5) is 19.3. The van der Waals surface area contributed by atoms with Gasteiger partial charge in [0.25, 0.3) is 0 Å².